The van der Waals surface area contributed by atoms with Crippen molar-refractivity contribution in [3.8, 4) is 0 Å². The molecule has 3 rings (SSSR count). The van der Waals surface area contributed by atoms with E-state index in [4.69, 9.17) is 4.42 Å². The molecule has 2 aromatic heterocycles. The molecule has 4 nitrogen and oxygen atoms in total. The lowest BCUT2D eigenvalue weighted by atomic mass is 10.1. The second kappa shape index (κ2) is 6.15. The Balaban J connectivity index is 1.79. The maximum atomic E-state index is 12.3. The number of para-hydroxylation sites is 1. The summed E-state index contributed by atoms with van der Waals surface area (Å²) in [7, 11) is 0. The predicted molar refractivity (Wildman–Crippen MR) is 87.4 cm³/mol. The van der Waals surface area contributed by atoms with E-state index in [1.807, 2.05) is 36.6 Å². The Labute approximate surface area is 131 Å². The van der Waals surface area contributed by atoms with E-state index in [1.165, 1.54) is 4.88 Å². The first kappa shape index (κ1) is 14.5. The summed E-state index contributed by atoms with van der Waals surface area (Å²) in [5.74, 6) is -0.399. The van der Waals surface area contributed by atoms with Gasteiger partial charge in [0.2, 0.25) is 0 Å². The molecule has 0 aliphatic carbocycles. The molecule has 22 heavy (non-hydrogen) atoms. The zero-order valence-corrected chi connectivity index (χ0v) is 12.9. The van der Waals surface area contributed by atoms with Crippen LogP contribution in [-0.4, -0.2) is 11.9 Å². The van der Waals surface area contributed by atoms with Crippen molar-refractivity contribution in [2.45, 2.75) is 19.4 Å². The van der Waals surface area contributed by atoms with Gasteiger partial charge in [0.15, 0.2) is 0 Å². The molecule has 0 aliphatic heterocycles. The molecule has 0 fully saturated rings. The molecule has 1 N–H and O–H groups in total. The molecule has 112 valence electrons. The largest absolute Gasteiger partial charge is 0.422 e. The molecule has 5 heteroatoms. The van der Waals surface area contributed by atoms with E-state index in [1.54, 1.807) is 29.5 Å². The van der Waals surface area contributed by atoms with Gasteiger partial charge in [0.25, 0.3) is 5.91 Å². The van der Waals surface area contributed by atoms with Crippen LogP contribution in [0.4, 0.5) is 0 Å². The standard InChI is InChI=1S/C17H15NO3S/c1-11(9-13-6-4-8-22-13)18-16(19)14-10-12-5-2-3-7-15(12)21-17(14)20/h2-8,10-11H,9H2,1H3,(H,18,19). The van der Waals surface area contributed by atoms with Crippen LogP contribution in [0.5, 0.6) is 0 Å². The van der Waals surface area contributed by atoms with Gasteiger partial charge in [-0.15, -0.1) is 11.3 Å². The van der Waals surface area contributed by atoms with E-state index >= 15 is 0 Å². The van der Waals surface area contributed by atoms with Crippen molar-refractivity contribution in [2.75, 3.05) is 0 Å². The topological polar surface area (TPSA) is 59.3 Å². The predicted octanol–water partition coefficient (Wildman–Crippen LogP) is 3.22. The van der Waals surface area contributed by atoms with E-state index in [2.05, 4.69) is 5.32 Å². The summed E-state index contributed by atoms with van der Waals surface area (Å²) in [4.78, 5) is 25.4. The van der Waals surface area contributed by atoms with Crippen LogP contribution in [0, 0.1) is 0 Å². The summed E-state index contributed by atoms with van der Waals surface area (Å²) in [5, 5.41) is 5.58. The molecule has 1 unspecified atom stereocenters. The third kappa shape index (κ3) is 3.09. The number of benzene rings is 1. The van der Waals surface area contributed by atoms with Gasteiger partial charge in [-0.25, -0.2) is 4.79 Å². The second-order valence-corrected chi connectivity index (χ2v) is 6.18. The summed E-state index contributed by atoms with van der Waals surface area (Å²) in [6.45, 7) is 1.92. The maximum Gasteiger partial charge on any atom is 0.349 e. The van der Waals surface area contributed by atoms with Crippen LogP contribution in [-0.2, 0) is 6.42 Å². The third-order valence-corrected chi connectivity index (χ3v) is 4.25. The van der Waals surface area contributed by atoms with Crippen molar-refractivity contribution in [1.82, 2.24) is 5.32 Å². The van der Waals surface area contributed by atoms with E-state index in [9.17, 15) is 9.59 Å². The average Bonchev–Trinajstić information content (AvgIpc) is 2.99. The van der Waals surface area contributed by atoms with Gasteiger partial charge < -0.3 is 9.73 Å². The van der Waals surface area contributed by atoms with Crippen LogP contribution in [0.2, 0.25) is 0 Å². The van der Waals surface area contributed by atoms with Crippen molar-refractivity contribution in [1.29, 1.82) is 0 Å². The molecule has 1 atom stereocenters. The molecule has 3 aromatic rings. The van der Waals surface area contributed by atoms with Crippen molar-refractivity contribution < 1.29 is 9.21 Å². The van der Waals surface area contributed by atoms with E-state index in [0.29, 0.717) is 5.58 Å². The Bertz CT molecular complexity index is 852. The summed E-state index contributed by atoms with van der Waals surface area (Å²) in [6.07, 6.45) is 0.738. The van der Waals surface area contributed by atoms with Crippen molar-refractivity contribution >= 4 is 28.2 Å². The number of fused-ring (bicyclic) bond motifs is 1. The summed E-state index contributed by atoms with van der Waals surface area (Å²) >= 11 is 1.65. The number of carbonyl (C=O) groups is 1. The number of carbonyl (C=O) groups excluding carboxylic acids is 1. The zero-order chi connectivity index (χ0) is 15.5. The lowest BCUT2D eigenvalue weighted by molar-refractivity contribution is 0.0936. The van der Waals surface area contributed by atoms with Gasteiger partial charge in [-0.2, -0.15) is 0 Å². The second-order valence-electron chi connectivity index (χ2n) is 5.14. The minimum atomic E-state index is -0.612. The van der Waals surface area contributed by atoms with E-state index < -0.39 is 11.5 Å². The Morgan fingerprint density at radius 2 is 2.09 bits per heavy atom. The Kier molecular flexibility index (Phi) is 4.06. The third-order valence-electron chi connectivity index (χ3n) is 3.35. The van der Waals surface area contributed by atoms with Gasteiger partial charge in [0, 0.05) is 22.7 Å². The van der Waals surface area contributed by atoms with Crippen LogP contribution in [0.25, 0.3) is 11.0 Å². The number of hydrogen-bond donors (Lipinski definition) is 1. The monoisotopic (exact) mass is 313 g/mol. The lowest BCUT2D eigenvalue weighted by Gasteiger charge is -2.12. The molecule has 0 saturated heterocycles. The fourth-order valence-corrected chi connectivity index (χ4v) is 3.14. The highest BCUT2D eigenvalue weighted by atomic mass is 32.1. The van der Waals surface area contributed by atoms with E-state index in [0.717, 1.165) is 11.8 Å². The zero-order valence-electron chi connectivity index (χ0n) is 12.0. The van der Waals surface area contributed by atoms with Crippen LogP contribution >= 0.6 is 11.3 Å². The summed E-state index contributed by atoms with van der Waals surface area (Å²) in [6, 6.07) is 12.7. The molecule has 0 radical (unpaired) electrons. The number of nitrogens with one attached hydrogen (secondary N) is 1. The first-order chi connectivity index (χ1) is 10.6. The average molecular weight is 313 g/mol. The molecular weight excluding hydrogens is 298 g/mol. The number of rotatable bonds is 4. The van der Waals surface area contributed by atoms with Crippen molar-refractivity contribution in [3.63, 3.8) is 0 Å². The van der Waals surface area contributed by atoms with Gasteiger partial charge in [0.1, 0.15) is 11.1 Å². The maximum absolute atomic E-state index is 12.3. The fourth-order valence-electron chi connectivity index (χ4n) is 2.30. The number of hydrogen-bond acceptors (Lipinski definition) is 4. The fraction of sp³-hybridized carbons (Fsp3) is 0.176. The minimum absolute atomic E-state index is 0.0386. The van der Waals surface area contributed by atoms with Gasteiger partial charge in [-0.05, 0) is 30.5 Å². The Hall–Kier alpha value is -2.40. The van der Waals surface area contributed by atoms with Gasteiger partial charge in [-0.3, -0.25) is 4.79 Å². The molecular formula is C17H15NO3S. The summed E-state index contributed by atoms with van der Waals surface area (Å²) < 4.78 is 5.19. The summed E-state index contributed by atoms with van der Waals surface area (Å²) in [5.41, 5.74) is -0.0908. The number of thiophene rings is 1. The normalized spacial score (nSPS) is 12.2. The van der Waals surface area contributed by atoms with Gasteiger partial charge in [0.05, 0.1) is 0 Å². The van der Waals surface area contributed by atoms with Gasteiger partial charge >= 0.3 is 5.63 Å². The van der Waals surface area contributed by atoms with Crippen molar-refractivity contribution in [2.24, 2.45) is 0 Å². The SMILES string of the molecule is CC(Cc1cccs1)NC(=O)c1cc2ccccc2oc1=O. The Morgan fingerprint density at radius 3 is 2.86 bits per heavy atom. The highest BCUT2D eigenvalue weighted by Gasteiger charge is 2.16. The Morgan fingerprint density at radius 1 is 1.27 bits per heavy atom. The molecule has 0 bridgehead atoms. The minimum Gasteiger partial charge on any atom is -0.422 e. The number of amides is 1. The highest BCUT2D eigenvalue weighted by molar-refractivity contribution is 7.09. The molecule has 2 heterocycles. The van der Waals surface area contributed by atoms with Gasteiger partial charge in [-0.1, -0.05) is 24.3 Å². The van der Waals surface area contributed by atoms with Crippen LogP contribution in [0.1, 0.15) is 22.2 Å². The smallest absolute Gasteiger partial charge is 0.349 e. The highest BCUT2D eigenvalue weighted by Crippen LogP contribution is 2.14. The molecule has 0 spiro atoms. The molecule has 0 aliphatic rings. The van der Waals surface area contributed by atoms with Crippen LogP contribution in [0.3, 0.4) is 0 Å². The molecule has 0 saturated carbocycles. The van der Waals surface area contributed by atoms with E-state index in [-0.39, 0.29) is 11.6 Å². The quantitative estimate of drug-likeness (QED) is 0.752. The van der Waals surface area contributed by atoms with Crippen LogP contribution < -0.4 is 10.9 Å². The van der Waals surface area contributed by atoms with Crippen LogP contribution in [0.15, 0.2) is 57.1 Å². The molecule has 1 aromatic carbocycles. The first-order valence-corrected chi connectivity index (χ1v) is 7.87. The lowest BCUT2D eigenvalue weighted by Crippen LogP contribution is -2.36. The van der Waals surface area contributed by atoms with Crippen molar-refractivity contribution in [3.05, 3.63) is 68.7 Å². The molecule has 1 amide bonds. The first-order valence-electron chi connectivity index (χ1n) is 6.99.